The summed E-state index contributed by atoms with van der Waals surface area (Å²) in [6.07, 6.45) is 3.98. The van der Waals surface area contributed by atoms with Gasteiger partial charge in [-0.3, -0.25) is 4.98 Å². The third-order valence-electron chi connectivity index (χ3n) is 15.1. The van der Waals surface area contributed by atoms with E-state index in [1.807, 2.05) is 18.3 Å². The van der Waals surface area contributed by atoms with Crippen LogP contribution in [0, 0.1) is 12.1 Å². The third kappa shape index (κ3) is 5.85. The number of aromatic nitrogens is 5. The second-order valence-electron chi connectivity index (χ2n) is 20.2. The van der Waals surface area contributed by atoms with Crippen molar-refractivity contribution in [3.63, 3.8) is 0 Å². The molecular weight excluding hydrogens is 1000 g/mol. The molecule has 13 rings (SSSR count). The number of rotatable bonds is 5. The molecule has 12 aromatic rings. The van der Waals surface area contributed by atoms with Crippen LogP contribution in [0.3, 0.4) is 0 Å². The number of para-hydroxylation sites is 4. The second-order valence-corrected chi connectivity index (χ2v) is 20.2. The van der Waals surface area contributed by atoms with Crippen LogP contribution >= 0.6 is 0 Å². The first kappa shape index (κ1) is 41.4. The molecule has 6 nitrogen and oxygen atoms in total. The molecular formula is C60H47N5OPt. The first-order valence-corrected chi connectivity index (χ1v) is 22.9. The van der Waals surface area contributed by atoms with Crippen molar-refractivity contribution in [2.75, 3.05) is 0 Å². The minimum Gasteiger partial charge on any atom is -0.503 e. The number of benzene rings is 7. The molecule has 7 heteroatoms. The molecule has 0 radical (unpaired) electrons. The molecule has 328 valence electrons. The van der Waals surface area contributed by atoms with E-state index in [1.54, 1.807) is 0 Å². The summed E-state index contributed by atoms with van der Waals surface area (Å²) in [5.74, 6) is 2.04. The summed E-state index contributed by atoms with van der Waals surface area (Å²) in [6, 6.07) is 59.7. The Hall–Kier alpha value is -7.01. The molecule has 5 aromatic heterocycles. The van der Waals surface area contributed by atoms with Gasteiger partial charge in [0.05, 0.1) is 16.7 Å². The van der Waals surface area contributed by atoms with Crippen LogP contribution in [0.2, 0.25) is 0 Å². The van der Waals surface area contributed by atoms with E-state index in [9.17, 15) is 0 Å². The topological polar surface area (TPSA) is 49.3 Å². The Balaban J connectivity index is 0.00000468. The second kappa shape index (κ2) is 14.5. The summed E-state index contributed by atoms with van der Waals surface area (Å²) in [5, 5.41) is 7.87. The molecule has 67 heavy (non-hydrogen) atoms. The van der Waals surface area contributed by atoms with E-state index in [0.717, 1.165) is 55.3 Å². The van der Waals surface area contributed by atoms with Gasteiger partial charge in [0, 0.05) is 73.5 Å². The SMILES string of the molecule is CC(C)(C)c1ccnc(-n2c3[c-]c(Oc4[c-]c5c(cc4)c4cccc6c4n4c(cnc54)C(C)(C)C6(C)C)ccc3c3cc(-c4cccc5c6ccccc6n(-c6ccccc6)c45)ccc32)c1.[Pt+2]. The summed E-state index contributed by atoms with van der Waals surface area (Å²) in [7, 11) is 0. The van der Waals surface area contributed by atoms with E-state index < -0.39 is 0 Å². The zero-order chi connectivity index (χ0) is 44.9. The Kier molecular flexibility index (Phi) is 8.96. The van der Waals surface area contributed by atoms with E-state index in [1.165, 1.54) is 55.1 Å². The van der Waals surface area contributed by atoms with Crippen LogP contribution in [0.4, 0.5) is 0 Å². The maximum Gasteiger partial charge on any atom is 2.00 e. The molecule has 0 saturated carbocycles. The fourth-order valence-corrected chi connectivity index (χ4v) is 10.9. The fourth-order valence-electron chi connectivity index (χ4n) is 10.9. The molecule has 1 aliphatic rings. The van der Waals surface area contributed by atoms with E-state index in [-0.39, 0.29) is 37.3 Å². The minimum absolute atomic E-state index is 0. The number of nitrogens with zero attached hydrogens (tertiary/aromatic N) is 5. The quantitative estimate of drug-likeness (QED) is 0.127. The van der Waals surface area contributed by atoms with Crippen LogP contribution in [0.15, 0.2) is 158 Å². The third-order valence-corrected chi connectivity index (χ3v) is 15.1. The summed E-state index contributed by atoms with van der Waals surface area (Å²) in [5.41, 5.74) is 13.3. The van der Waals surface area contributed by atoms with Crippen molar-refractivity contribution >= 4 is 70.9 Å². The first-order valence-electron chi connectivity index (χ1n) is 22.9. The van der Waals surface area contributed by atoms with Gasteiger partial charge >= 0.3 is 21.1 Å². The number of pyridine rings is 2. The van der Waals surface area contributed by atoms with Crippen molar-refractivity contribution in [3.05, 3.63) is 187 Å². The molecule has 0 spiro atoms. The van der Waals surface area contributed by atoms with Gasteiger partial charge < -0.3 is 18.3 Å². The normalized spacial score (nSPS) is 14.3. The number of imidazole rings is 1. The standard InChI is InChI=1S/C60H47N5O.Pt/c1-58(2,3)37-29-30-61-54(32-37)64-51-28-23-36(41-18-13-19-46-43-17-11-12-22-50(43)63(55(41)46)38-15-9-8-10-16-38)31-47(51)44-27-25-40(34-52(44)64)66-39-24-26-42-45-20-14-21-49-56(45)65-53(60(6,7)59(49,4)5)35-62-57(65)48(42)33-39;/h8-32,35H,1-7H3;/q-2;+2. The predicted molar refractivity (Wildman–Crippen MR) is 271 cm³/mol. The van der Waals surface area contributed by atoms with E-state index in [0.29, 0.717) is 11.5 Å². The molecule has 0 amide bonds. The Morgan fingerprint density at radius 3 is 2.07 bits per heavy atom. The zero-order valence-electron chi connectivity index (χ0n) is 38.5. The Bertz CT molecular complexity index is 4010. The molecule has 0 atom stereocenters. The molecule has 0 unspecified atom stereocenters. The van der Waals surface area contributed by atoms with Crippen molar-refractivity contribution < 1.29 is 25.8 Å². The molecule has 6 heterocycles. The summed E-state index contributed by atoms with van der Waals surface area (Å²) in [4.78, 5) is 10.1. The van der Waals surface area contributed by atoms with Gasteiger partial charge in [-0.1, -0.05) is 156 Å². The molecule has 1 aliphatic heterocycles. The molecule has 7 aromatic carbocycles. The van der Waals surface area contributed by atoms with Crippen molar-refractivity contribution in [1.29, 1.82) is 0 Å². The maximum absolute atomic E-state index is 6.78. The van der Waals surface area contributed by atoms with E-state index in [4.69, 9.17) is 14.7 Å². The largest absolute Gasteiger partial charge is 2.00 e. The van der Waals surface area contributed by atoms with E-state index in [2.05, 4.69) is 214 Å². The molecule has 0 saturated heterocycles. The van der Waals surface area contributed by atoms with Crippen LogP contribution in [0.25, 0.3) is 93.6 Å². The van der Waals surface area contributed by atoms with Crippen molar-refractivity contribution in [1.82, 2.24) is 23.5 Å². The number of ether oxygens (including phenoxy) is 1. The van der Waals surface area contributed by atoms with Gasteiger partial charge in [0.1, 0.15) is 5.82 Å². The van der Waals surface area contributed by atoms with Gasteiger partial charge in [-0.05, 0) is 69.3 Å². The van der Waals surface area contributed by atoms with Crippen LogP contribution in [0.5, 0.6) is 11.5 Å². The zero-order valence-corrected chi connectivity index (χ0v) is 40.7. The number of hydrogen-bond donors (Lipinski definition) is 0. The van der Waals surface area contributed by atoms with Crippen LogP contribution in [-0.2, 0) is 37.3 Å². The molecule has 0 fully saturated rings. The van der Waals surface area contributed by atoms with Crippen LogP contribution < -0.4 is 4.74 Å². The van der Waals surface area contributed by atoms with Gasteiger partial charge in [-0.25, -0.2) is 4.98 Å². The van der Waals surface area contributed by atoms with Gasteiger partial charge in [0.25, 0.3) is 0 Å². The van der Waals surface area contributed by atoms with Gasteiger partial charge in [0.15, 0.2) is 0 Å². The van der Waals surface area contributed by atoms with Gasteiger partial charge in [-0.2, -0.15) is 6.07 Å². The molecule has 0 N–H and O–H groups in total. The Labute approximate surface area is 403 Å². The maximum atomic E-state index is 6.78. The van der Waals surface area contributed by atoms with Crippen LogP contribution in [-0.4, -0.2) is 23.5 Å². The van der Waals surface area contributed by atoms with Crippen molar-refractivity contribution in [2.24, 2.45) is 0 Å². The fraction of sp³-hybridized carbons (Fsp3) is 0.167. The van der Waals surface area contributed by atoms with E-state index >= 15 is 0 Å². The number of hydrogen-bond acceptors (Lipinski definition) is 3. The minimum atomic E-state index is -0.143. The van der Waals surface area contributed by atoms with Gasteiger partial charge in [0.2, 0.25) is 0 Å². The van der Waals surface area contributed by atoms with Crippen molar-refractivity contribution in [2.45, 2.75) is 64.7 Å². The predicted octanol–water partition coefficient (Wildman–Crippen LogP) is 15.2. The first-order chi connectivity index (χ1) is 31.9. The average Bonchev–Trinajstić information content (AvgIpc) is 4.02. The van der Waals surface area contributed by atoms with Crippen LogP contribution in [0.1, 0.15) is 65.3 Å². The Morgan fingerprint density at radius 2 is 1.27 bits per heavy atom. The summed E-state index contributed by atoms with van der Waals surface area (Å²) in [6.45, 7) is 16.1. The smallest absolute Gasteiger partial charge is 0.503 e. The summed E-state index contributed by atoms with van der Waals surface area (Å²) >= 11 is 0. The number of fused-ring (bicyclic) bond motifs is 9. The van der Waals surface area contributed by atoms with Gasteiger partial charge in [-0.15, -0.1) is 29.7 Å². The monoisotopic (exact) mass is 1050 g/mol. The average molecular weight is 1050 g/mol. The Morgan fingerprint density at radius 1 is 0.567 bits per heavy atom. The van der Waals surface area contributed by atoms with Crippen molar-refractivity contribution in [3.8, 4) is 34.1 Å². The molecule has 0 aliphatic carbocycles. The molecule has 0 bridgehead atoms. The summed E-state index contributed by atoms with van der Waals surface area (Å²) < 4.78 is 13.8.